The van der Waals surface area contributed by atoms with Crippen LogP contribution in [0.4, 0.5) is 11.5 Å². The fraction of sp³-hybridized carbons (Fsp3) is 0.429. The van der Waals surface area contributed by atoms with Crippen molar-refractivity contribution in [2.75, 3.05) is 18.9 Å². The number of aromatic nitrogens is 4. The number of amides is 2. The summed E-state index contributed by atoms with van der Waals surface area (Å²) in [5, 5.41) is 26.1. The largest absolute Gasteiger partial charge is 0.389 e. The maximum absolute atomic E-state index is 13.2. The van der Waals surface area contributed by atoms with E-state index < -0.39 is 29.2 Å². The average Bonchev–Trinajstić information content (AvgIpc) is 3.62. The van der Waals surface area contributed by atoms with E-state index >= 15 is 0 Å². The van der Waals surface area contributed by atoms with Crippen LogP contribution < -0.4 is 16.0 Å². The zero-order valence-corrected chi connectivity index (χ0v) is 18.7. The van der Waals surface area contributed by atoms with E-state index in [0.717, 1.165) is 12.8 Å². The van der Waals surface area contributed by atoms with Crippen molar-refractivity contribution < 1.29 is 14.7 Å². The van der Waals surface area contributed by atoms with Crippen molar-refractivity contribution >= 4 is 35.2 Å². The van der Waals surface area contributed by atoms with E-state index in [4.69, 9.17) is 5.41 Å². The van der Waals surface area contributed by atoms with Crippen LogP contribution in [0.1, 0.15) is 48.8 Å². The Morgan fingerprint density at radius 3 is 2.61 bits per heavy atom. The first kappa shape index (κ1) is 23.9. The van der Waals surface area contributed by atoms with Gasteiger partial charge in [0.05, 0.1) is 35.6 Å². The van der Waals surface area contributed by atoms with Crippen molar-refractivity contribution in [2.24, 2.45) is 4.99 Å². The quantitative estimate of drug-likeness (QED) is 0.324. The molecule has 0 aliphatic heterocycles. The summed E-state index contributed by atoms with van der Waals surface area (Å²) in [5.74, 6) is -0.914. The van der Waals surface area contributed by atoms with Crippen LogP contribution in [0.3, 0.4) is 0 Å². The third-order valence-electron chi connectivity index (χ3n) is 4.65. The first-order valence-corrected chi connectivity index (χ1v) is 10.4. The highest BCUT2D eigenvalue weighted by Gasteiger charge is 2.29. The molecule has 2 aromatic rings. The van der Waals surface area contributed by atoms with Gasteiger partial charge in [0.1, 0.15) is 18.1 Å². The lowest BCUT2D eigenvalue weighted by Gasteiger charge is -2.20. The van der Waals surface area contributed by atoms with Gasteiger partial charge in [0.2, 0.25) is 0 Å². The van der Waals surface area contributed by atoms with Gasteiger partial charge in [-0.15, -0.1) is 0 Å². The van der Waals surface area contributed by atoms with Crippen LogP contribution in [0.2, 0.25) is 0 Å². The molecule has 0 bridgehead atoms. The predicted octanol–water partition coefficient (Wildman–Crippen LogP) is 0.593. The van der Waals surface area contributed by atoms with Crippen molar-refractivity contribution in [3.63, 3.8) is 0 Å². The van der Waals surface area contributed by atoms with Crippen molar-refractivity contribution in [1.82, 2.24) is 30.6 Å². The first-order chi connectivity index (χ1) is 15.7. The molecule has 174 valence electrons. The first-order valence-electron chi connectivity index (χ1n) is 10.4. The molecule has 1 aliphatic rings. The minimum atomic E-state index is -1.14. The van der Waals surface area contributed by atoms with Gasteiger partial charge in [-0.3, -0.25) is 20.0 Å². The standard InChI is InChI=1S/C21H27N9O3/c1-21(2,33)10-27-19(31)16(22)15(8-23-3)30-20(32)17-18(28-13-6-24-11-25-7-13)26-9-14(29-17)12-4-5-12/h6-9,11-12,15,22,33H,4-5,10H2,1-3H3,(H,26,28)(H,27,31)(H,30,32). The number of rotatable bonds is 10. The molecular weight excluding hydrogens is 426 g/mol. The van der Waals surface area contributed by atoms with Crippen LogP contribution in [0.15, 0.2) is 29.9 Å². The molecule has 1 atom stereocenters. The number of carbonyl (C=O) groups excluding carboxylic acids is 2. The molecule has 0 aromatic carbocycles. The summed E-state index contributed by atoms with van der Waals surface area (Å²) in [6.45, 7) is 3.00. The number of nitrogens with zero attached hydrogens (tertiary/aromatic N) is 5. The molecule has 2 heterocycles. The monoisotopic (exact) mass is 453 g/mol. The van der Waals surface area contributed by atoms with Crippen LogP contribution in [0.5, 0.6) is 0 Å². The van der Waals surface area contributed by atoms with E-state index in [9.17, 15) is 14.7 Å². The lowest BCUT2D eigenvalue weighted by Crippen LogP contribution is -2.50. The predicted molar refractivity (Wildman–Crippen MR) is 122 cm³/mol. The second kappa shape index (κ2) is 10.2. The molecule has 0 radical (unpaired) electrons. The maximum Gasteiger partial charge on any atom is 0.274 e. The third-order valence-corrected chi connectivity index (χ3v) is 4.65. The van der Waals surface area contributed by atoms with Gasteiger partial charge in [-0.05, 0) is 26.7 Å². The normalized spacial score (nSPS) is 14.5. The van der Waals surface area contributed by atoms with Crippen molar-refractivity contribution in [3.05, 3.63) is 36.3 Å². The Hall–Kier alpha value is -3.80. The topological polar surface area (TPSA) is 178 Å². The summed E-state index contributed by atoms with van der Waals surface area (Å²) in [7, 11) is 1.47. The Morgan fingerprint density at radius 2 is 2.00 bits per heavy atom. The maximum atomic E-state index is 13.2. The molecule has 0 saturated heterocycles. The van der Waals surface area contributed by atoms with Gasteiger partial charge in [-0.25, -0.2) is 19.9 Å². The summed E-state index contributed by atoms with van der Waals surface area (Å²) >= 11 is 0. The van der Waals surface area contributed by atoms with Crippen LogP contribution in [0.25, 0.3) is 0 Å². The van der Waals surface area contributed by atoms with Crippen molar-refractivity contribution in [3.8, 4) is 0 Å². The van der Waals surface area contributed by atoms with Crippen molar-refractivity contribution in [1.29, 1.82) is 5.41 Å². The summed E-state index contributed by atoms with van der Waals surface area (Å²) < 4.78 is 0. The minimum absolute atomic E-state index is 0.0162. The highest BCUT2D eigenvalue weighted by Crippen LogP contribution is 2.39. The van der Waals surface area contributed by atoms with Crippen LogP contribution in [-0.4, -0.2) is 74.0 Å². The molecule has 33 heavy (non-hydrogen) atoms. The van der Waals surface area contributed by atoms with Gasteiger partial charge >= 0.3 is 0 Å². The van der Waals surface area contributed by atoms with E-state index in [2.05, 4.69) is 40.9 Å². The summed E-state index contributed by atoms with van der Waals surface area (Å²) in [5.41, 5.74) is -0.342. The zero-order chi connectivity index (χ0) is 24.0. The molecule has 2 aromatic heterocycles. The van der Waals surface area contributed by atoms with Crippen molar-refractivity contribution in [2.45, 2.75) is 44.2 Å². The van der Waals surface area contributed by atoms with Gasteiger partial charge in [-0.2, -0.15) is 0 Å². The van der Waals surface area contributed by atoms with Gasteiger partial charge in [0.25, 0.3) is 11.8 Å². The van der Waals surface area contributed by atoms with Crippen LogP contribution in [0, 0.1) is 5.41 Å². The zero-order valence-electron chi connectivity index (χ0n) is 18.7. The molecule has 1 unspecified atom stereocenters. The number of carbonyl (C=O) groups is 2. The lowest BCUT2D eigenvalue weighted by atomic mass is 10.1. The molecule has 12 nitrogen and oxygen atoms in total. The van der Waals surface area contributed by atoms with E-state index in [1.54, 1.807) is 6.20 Å². The molecule has 3 rings (SSSR count). The molecule has 12 heteroatoms. The Kier molecular flexibility index (Phi) is 7.38. The minimum Gasteiger partial charge on any atom is -0.389 e. The summed E-state index contributed by atoms with van der Waals surface area (Å²) in [4.78, 5) is 46.1. The van der Waals surface area contributed by atoms with E-state index in [1.807, 2.05) is 0 Å². The molecule has 2 amide bonds. The van der Waals surface area contributed by atoms with E-state index in [0.29, 0.717) is 11.4 Å². The molecule has 1 aliphatic carbocycles. The summed E-state index contributed by atoms with van der Waals surface area (Å²) in [6.07, 6.45) is 9.29. The number of nitrogens with one attached hydrogen (secondary N) is 4. The number of hydrogen-bond donors (Lipinski definition) is 5. The SMILES string of the molecule is CN=CC(NC(=O)c1nc(C2CC2)cnc1Nc1cncnc1)C(=N)C(=O)NCC(C)(C)O. The van der Waals surface area contributed by atoms with Crippen LogP contribution >= 0.6 is 0 Å². The Balaban J connectivity index is 1.81. The third kappa shape index (κ3) is 6.84. The lowest BCUT2D eigenvalue weighted by molar-refractivity contribution is -0.116. The van der Waals surface area contributed by atoms with E-state index in [1.165, 1.54) is 45.8 Å². The van der Waals surface area contributed by atoms with Gasteiger partial charge in [0.15, 0.2) is 11.5 Å². The Labute approximate surface area is 190 Å². The summed E-state index contributed by atoms with van der Waals surface area (Å²) in [6, 6.07) is -1.11. The molecule has 1 saturated carbocycles. The van der Waals surface area contributed by atoms with E-state index in [-0.39, 0.29) is 24.0 Å². The second-order valence-corrected chi connectivity index (χ2v) is 8.29. The Bertz CT molecular complexity index is 1050. The fourth-order valence-electron chi connectivity index (χ4n) is 2.80. The molecule has 1 fully saturated rings. The smallest absolute Gasteiger partial charge is 0.274 e. The van der Waals surface area contributed by atoms with Gasteiger partial charge in [-0.1, -0.05) is 0 Å². The molecule has 0 spiro atoms. The number of aliphatic imine (C=N–C) groups is 1. The highest BCUT2D eigenvalue weighted by molar-refractivity contribution is 6.43. The van der Waals surface area contributed by atoms with Gasteiger partial charge in [0, 0.05) is 25.7 Å². The number of anilines is 2. The van der Waals surface area contributed by atoms with Gasteiger partial charge < -0.3 is 21.1 Å². The second-order valence-electron chi connectivity index (χ2n) is 8.29. The number of aliphatic hydroxyl groups is 1. The highest BCUT2D eigenvalue weighted by atomic mass is 16.3. The number of hydrogen-bond acceptors (Lipinski definition) is 10. The van der Waals surface area contributed by atoms with Crippen LogP contribution in [-0.2, 0) is 4.79 Å². The Morgan fingerprint density at radius 1 is 1.30 bits per heavy atom. The average molecular weight is 454 g/mol. The fourth-order valence-corrected chi connectivity index (χ4v) is 2.80. The molecule has 5 N–H and O–H groups in total. The molecular formula is C21H27N9O3.